The first-order chi connectivity index (χ1) is 7.79. The number of hydrogen-bond acceptors (Lipinski definition) is 2. The third-order valence-corrected chi connectivity index (χ3v) is 2.83. The van der Waals surface area contributed by atoms with Crippen molar-refractivity contribution in [3.05, 3.63) is 46.8 Å². The minimum Gasteiger partial charge on any atom is -0.236 e. The molecule has 2 aromatic rings. The van der Waals surface area contributed by atoms with Crippen LogP contribution in [-0.4, -0.2) is 9.97 Å². The summed E-state index contributed by atoms with van der Waals surface area (Å²) in [5.41, 5.74) is 3.46. The molecule has 0 saturated carbocycles. The van der Waals surface area contributed by atoms with Gasteiger partial charge in [0.15, 0.2) is 0 Å². The van der Waals surface area contributed by atoms with E-state index in [9.17, 15) is 0 Å². The van der Waals surface area contributed by atoms with Crippen LogP contribution in [-0.2, 0) is 6.42 Å². The van der Waals surface area contributed by atoms with Gasteiger partial charge in [0.1, 0.15) is 10.9 Å². The third kappa shape index (κ3) is 2.67. The number of rotatable bonds is 3. The van der Waals surface area contributed by atoms with Crippen molar-refractivity contribution < 1.29 is 0 Å². The molecule has 0 unspecified atom stereocenters. The first kappa shape index (κ1) is 11.3. The van der Waals surface area contributed by atoms with Crippen LogP contribution in [0.25, 0.3) is 11.3 Å². The molecule has 1 heterocycles. The molecular formula is C13H13BrN2. The summed E-state index contributed by atoms with van der Waals surface area (Å²) >= 11 is 3.36. The molecule has 0 N–H and O–H groups in total. The van der Waals surface area contributed by atoms with Crippen LogP contribution in [0.2, 0.25) is 0 Å². The summed E-state index contributed by atoms with van der Waals surface area (Å²) < 4.78 is 0.818. The Balaban J connectivity index is 2.36. The van der Waals surface area contributed by atoms with Crippen LogP contribution in [0.1, 0.15) is 18.9 Å². The van der Waals surface area contributed by atoms with Gasteiger partial charge in [-0.25, -0.2) is 9.97 Å². The number of halogens is 1. The van der Waals surface area contributed by atoms with E-state index in [1.54, 1.807) is 6.33 Å². The summed E-state index contributed by atoms with van der Waals surface area (Å²) in [5.74, 6) is 0. The van der Waals surface area contributed by atoms with Crippen LogP contribution >= 0.6 is 15.9 Å². The van der Waals surface area contributed by atoms with Crippen molar-refractivity contribution in [3.8, 4) is 11.3 Å². The van der Waals surface area contributed by atoms with Crippen molar-refractivity contribution in [1.82, 2.24) is 9.97 Å². The van der Waals surface area contributed by atoms with Crippen LogP contribution < -0.4 is 0 Å². The lowest BCUT2D eigenvalue weighted by Gasteiger charge is -2.04. The summed E-state index contributed by atoms with van der Waals surface area (Å²) in [4.78, 5) is 8.30. The van der Waals surface area contributed by atoms with Gasteiger partial charge in [0.25, 0.3) is 0 Å². The lowest BCUT2D eigenvalue weighted by molar-refractivity contribution is 0.922. The summed E-state index contributed by atoms with van der Waals surface area (Å²) in [6.45, 7) is 2.19. The van der Waals surface area contributed by atoms with Gasteiger partial charge in [0.2, 0.25) is 0 Å². The molecule has 2 rings (SSSR count). The highest BCUT2D eigenvalue weighted by Gasteiger charge is 2.01. The zero-order valence-electron chi connectivity index (χ0n) is 9.15. The van der Waals surface area contributed by atoms with Crippen molar-refractivity contribution in [3.63, 3.8) is 0 Å². The third-order valence-electron chi connectivity index (χ3n) is 2.40. The minimum absolute atomic E-state index is 0.818. The summed E-state index contributed by atoms with van der Waals surface area (Å²) in [6.07, 6.45) is 3.85. The van der Waals surface area contributed by atoms with Gasteiger partial charge in [-0.15, -0.1) is 0 Å². The van der Waals surface area contributed by atoms with E-state index in [1.165, 1.54) is 5.56 Å². The van der Waals surface area contributed by atoms with Gasteiger partial charge in [-0.05, 0) is 40.0 Å². The average Bonchev–Trinajstić information content (AvgIpc) is 2.30. The molecule has 0 radical (unpaired) electrons. The minimum atomic E-state index is 0.818. The fourth-order valence-electron chi connectivity index (χ4n) is 1.67. The molecule has 0 fully saturated rings. The summed E-state index contributed by atoms with van der Waals surface area (Å²) in [6, 6.07) is 10.4. The van der Waals surface area contributed by atoms with Crippen LogP contribution in [0, 0.1) is 0 Å². The molecule has 3 heteroatoms. The molecule has 0 spiro atoms. The molecule has 0 bridgehead atoms. The number of nitrogens with zero attached hydrogens (tertiary/aromatic N) is 2. The second kappa shape index (κ2) is 5.21. The monoisotopic (exact) mass is 276 g/mol. The Hall–Kier alpha value is -1.22. The highest BCUT2D eigenvalue weighted by Crippen LogP contribution is 2.20. The zero-order valence-corrected chi connectivity index (χ0v) is 10.7. The maximum atomic E-state index is 4.27. The van der Waals surface area contributed by atoms with E-state index >= 15 is 0 Å². The van der Waals surface area contributed by atoms with Crippen molar-refractivity contribution in [2.24, 2.45) is 0 Å². The largest absolute Gasteiger partial charge is 0.236 e. The summed E-state index contributed by atoms with van der Waals surface area (Å²) in [5, 5.41) is 0. The van der Waals surface area contributed by atoms with Gasteiger partial charge < -0.3 is 0 Å². The highest BCUT2D eigenvalue weighted by molar-refractivity contribution is 9.10. The van der Waals surface area contributed by atoms with E-state index in [1.807, 2.05) is 6.07 Å². The van der Waals surface area contributed by atoms with Crippen molar-refractivity contribution in [2.45, 2.75) is 19.8 Å². The molecule has 1 aromatic heterocycles. The van der Waals surface area contributed by atoms with E-state index in [2.05, 4.69) is 57.1 Å². The van der Waals surface area contributed by atoms with E-state index in [4.69, 9.17) is 0 Å². The maximum absolute atomic E-state index is 4.27. The molecule has 0 aliphatic heterocycles. The van der Waals surface area contributed by atoms with Crippen molar-refractivity contribution >= 4 is 15.9 Å². The van der Waals surface area contributed by atoms with E-state index < -0.39 is 0 Å². The first-order valence-corrected chi connectivity index (χ1v) is 6.15. The van der Waals surface area contributed by atoms with Crippen LogP contribution in [0.3, 0.4) is 0 Å². The maximum Gasteiger partial charge on any atom is 0.117 e. The second-order valence-electron chi connectivity index (χ2n) is 3.68. The van der Waals surface area contributed by atoms with Crippen LogP contribution in [0.5, 0.6) is 0 Å². The topological polar surface area (TPSA) is 25.8 Å². The molecule has 82 valence electrons. The quantitative estimate of drug-likeness (QED) is 0.796. The number of hydrogen-bond donors (Lipinski definition) is 0. The Morgan fingerprint density at radius 3 is 2.81 bits per heavy atom. The van der Waals surface area contributed by atoms with Gasteiger partial charge in [-0.3, -0.25) is 0 Å². The fourth-order valence-corrected chi connectivity index (χ4v) is 1.97. The fraction of sp³-hybridized carbons (Fsp3) is 0.231. The van der Waals surface area contributed by atoms with Crippen molar-refractivity contribution in [2.75, 3.05) is 0 Å². The second-order valence-corrected chi connectivity index (χ2v) is 4.49. The van der Waals surface area contributed by atoms with Gasteiger partial charge in [0, 0.05) is 5.56 Å². The van der Waals surface area contributed by atoms with Gasteiger partial charge in [-0.2, -0.15) is 0 Å². The SMILES string of the molecule is CCCc1cccc(-c2cc(Br)ncn2)c1. The van der Waals surface area contributed by atoms with Gasteiger partial charge in [-0.1, -0.05) is 31.5 Å². The average molecular weight is 277 g/mol. The molecule has 1 aromatic carbocycles. The van der Waals surface area contributed by atoms with Crippen LogP contribution in [0.4, 0.5) is 0 Å². The van der Waals surface area contributed by atoms with E-state index in [0.29, 0.717) is 0 Å². The molecule has 0 atom stereocenters. The Morgan fingerprint density at radius 1 is 1.19 bits per heavy atom. The zero-order chi connectivity index (χ0) is 11.4. The number of benzene rings is 1. The molecule has 16 heavy (non-hydrogen) atoms. The van der Waals surface area contributed by atoms with E-state index in [0.717, 1.165) is 28.7 Å². The lowest BCUT2D eigenvalue weighted by atomic mass is 10.0. The summed E-state index contributed by atoms with van der Waals surface area (Å²) in [7, 11) is 0. The predicted octanol–water partition coefficient (Wildman–Crippen LogP) is 3.86. The number of aromatic nitrogens is 2. The highest BCUT2D eigenvalue weighted by atomic mass is 79.9. The molecular weight excluding hydrogens is 264 g/mol. The standard InChI is InChI=1S/C13H13BrN2/c1-2-4-10-5-3-6-11(7-10)12-8-13(14)16-9-15-12/h3,5-9H,2,4H2,1H3. The van der Waals surface area contributed by atoms with Crippen molar-refractivity contribution in [1.29, 1.82) is 0 Å². The molecule has 0 aliphatic rings. The Morgan fingerprint density at radius 2 is 2.06 bits per heavy atom. The first-order valence-electron chi connectivity index (χ1n) is 5.36. The van der Waals surface area contributed by atoms with Gasteiger partial charge >= 0.3 is 0 Å². The van der Waals surface area contributed by atoms with Crippen LogP contribution in [0.15, 0.2) is 41.3 Å². The Bertz CT molecular complexity index is 483. The van der Waals surface area contributed by atoms with Gasteiger partial charge in [0.05, 0.1) is 5.69 Å². The predicted molar refractivity (Wildman–Crippen MR) is 69.2 cm³/mol. The molecule has 0 saturated heterocycles. The Labute approximate surface area is 104 Å². The molecule has 2 nitrogen and oxygen atoms in total. The molecule has 0 aliphatic carbocycles. The lowest BCUT2D eigenvalue weighted by Crippen LogP contribution is -1.88. The number of aryl methyl sites for hydroxylation is 1. The Kier molecular flexibility index (Phi) is 3.67. The smallest absolute Gasteiger partial charge is 0.117 e. The van der Waals surface area contributed by atoms with E-state index in [-0.39, 0.29) is 0 Å². The molecule has 0 amide bonds. The normalized spacial score (nSPS) is 10.4.